The molecule has 0 aliphatic carbocycles. The Morgan fingerprint density at radius 3 is 2.82 bits per heavy atom. The molecule has 5 heteroatoms. The van der Waals surface area contributed by atoms with Crippen molar-refractivity contribution in [3.05, 3.63) is 34.6 Å². The van der Waals surface area contributed by atoms with E-state index in [1.807, 2.05) is 0 Å². The maximum Gasteiger partial charge on any atom is 0.159 e. The Kier molecular flexibility index (Phi) is 4.34. The highest BCUT2D eigenvalue weighted by molar-refractivity contribution is 6.31. The summed E-state index contributed by atoms with van der Waals surface area (Å²) < 4.78 is 24.0. The van der Waals surface area contributed by atoms with Gasteiger partial charge < -0.3 is 14.8 Å². The Bertz CT molecular complexity index is 383. The average Bonchev–Trinajstić information content (AvgIpc) is 2.82. The molecular weight excluding hydrogens is 245 g/mol. The van der Waals surface area contributed by atoms with Crippen molar-refractivity contribution < 1.29 is 13.9 Å². The molecule has 3 nitrogen and oxygen atoms in total. The third-order valence-electron chi connectivity index (χ3n) is 2.80. The molecule has 0 spiro atoms. The topological polar surface area (TPSA) is 30.5 Å². The second-order valence-corrected chi connectivity index (χ2v) is 4.32. The molecule has 1 heterocycles. The molecule has 1 N–H and O–H groups in total. The third kappa shape index (κ3) is 3.16. The summed E-state index contributed by atoms with van der Waals surface area (Å²) in [5.41, 5.74) is 0.730. The summed E-state index contributed by atoms with van der Waals surface area (Å²) in [6.45, 7) is 1.22. The summed E-state index contributed by atoms with van der Waals surface area (Å²) >= 11 is 6.07. The van der Waals surface area contributed by atoms with Crippen molar-refractivity contribution in [1.82, 2.24) is 5.32 Å². The summed E-state index contributed by atoms with van der Waals surface area (Å²) in [6, 6.07) is 4.27. The van der Waals surface area contributed by atoms with Gasteiger partial charge in [0.2, 0.25) is 0 Å². The first-order chi connectivity index (χ1) is 8.20. The number of nitrogens with one attached hydrogen (secondary N) is 1. The maximum atomic E-state index is 13.2. The van der Waals surface area contributed by atoms with Crippen LogP contribution in [-0.4, -0.2) is 26.6 Å². The molecule has 1 aliphatic rings. The van der Waals surface area contributed by atoms with Gasteiger partial charge in [0.1, 0.15) is 5.82 Å². The SMILES string of the molecule is CNC(CC1OCCO1)c1cc(F)ccc1Cl. The molecule has 1 aromatic carbocycles. The summed E-state index contributed by atoms with van der Waals surface area (Å²) in [5.74, 6) is -0.294. The number of halogens is 2. The molecule has 1 saturated heterocycles. The molecule has 0 saturated carbocycles. The Morgan fingerprint density at radius 2 is 2.18 bits per heavy atom. The molecular formula is C12H15ClFNO2. The predicted molar refractivity (Wildman–Crippen MR) is 63.5 cm³/mol. The molecule has 0 aromatic heterocycles. The number of hydrogen-bond acceptors (Lipinski definition) is 3. The lowest BCUT2D eigenvalue weighted by Crippen LogP contribution is -2.23. The first-order valence-electron chi connectivity index (χ1n) is 5.56. The van der Waals surface area contributed by atoms with Crippen LogP contribution < -0.4 is 5.32 Å². The fourth-order valence-electron chi connectivity index (χ4n) is 1.92. The van der Waals surface area contributed by atoms with Gasteiger partial charge in [0, 0.05) is 17.5 Å². The van der Waals surface area contributed by atoms with Crippen molar-refractivity contribution in [2.45, 2.75) is 18.8 Å². The van der Waals surface area contributed by atoms with E-state index in [-0.39, 0.29) is 18.1 Å². The summed E-state index contributed by atoms with van der Waals surface area (Å²) in [4.78, 5) is 0. The van der Waals surface area contributed by atoms with Gasteiger partial charge in [-0.2, -0.15) is 0 Å². The summed E-state index contributed by atoms with van der Waals surface area (Å²) in [5, 5.41) is 3.65. The second kappa shape index (κ2) is 5.78. The molecule has 1 aromatic rings. The van der Waals surface area contributed by atoms with Gasteiger partial charge in [-0.1, -0.05) is 11.6 Å². The largest absolute Gasteiger partial charge is 0.350 e. The van der Waals surface area contributed by atoms with Gasteiger partial charge in [-0.3, -0.25) is 0 Å². The van der Waals surface area contributed by atoms with Crippen molar-refractivity contribution in [3.63, 3.8) is 0 Å². The van der Waals surface area contributed by atoms with E-state index in [2.05, 4.69) is 5.32 Å². The van der Waals surface area contributed by atoms with E-state index in [0.717, 1.165) is 5.56 Å². The minimum Gasteiger partial charge on any atom is -0.350 e. The van der Waals surface area contributed by atoms with Crippen molar-refractivity contribution in [1.29, 1.82) is 0 Å². The predicted octanol–water partition coefficient (Wildman–Crippen LogP) is 2.50. The fourth-order valence-corrected chi connectivity index (χ4v) is 2.17. The lowest BCUT2D eigenvalue weighted by Gasteiger charge is -2.20. The number of benzene rings is 1. The molecule has 17 heavy (non-hydrogen) atoms. The van der Waals surface area contributed by atoms with Gasteiger partial charge in [-0.25, -0.2) is 4.39 Å². The van der Waals surface area contributed by atoms with E-state index in [0.29, 0.717) is 24.7 Å². The molecule has 1 unspecified atom stereocenters. The zero-order valence-electron chi connectivity index (χ0n) is 9.58. The van der Waals surface area contributed by atoms with E-state index in [1.54, 1.807) is 13.1 Å². The third-order valence-corrected chi connectivity index (χ3v) is 3.15. The smallest absolute Gasteiger partial charge is 0.159 e. The van der Waals surface area contributed by atoms with Crippen LogP contribution in [-0.2, 0) is 9.47 Å². The molecule has 2 rings (SSSR count). The van der Waals surface area contributed by atoms with Crippen LogP contribution in [0.1, 0.15) is 18.0 Å². The van der Waals surface area contributed by atoms with Gasteiger partial charge >= 0.3 is 0 Å². The molecule has 94 valence electrons. The minimum atomic E-state index is -0.294. The van der Waals surface area contributed by atoms with Gasteiger partial charge in [0.25, 0.3) is 0 Å². The zero-order valence-corrected chi connectivity index (χ0v) is 10.3. The molecule has 0 bridgehead atoms. The summed E-state index contributed by atoms with van der Waals surface area (Å²) in [6.07, 6.45) is 0.367. The molecule has 1 atom stereocenters. The highest BCUT2D eigenvalue weighted by Crippen LogP contribution is 2.28. The quantitative estimate of drug-likeness (QED) is 0.901. The number of ether oxygens (including phenoxy) is 2. The van der Waals surface area contributed by atoms with Gasteiger partial charge in [0.05, 0.1) is 13.2 Å². The molecule has 1 aliphatic heterocycles. The van der Waals surface area contributed by atoms with Crippen LogP contribution in [0.15, 0.2) is 18.2 Å². The molecule has 0 amide bonds. The fraction of sp³-hybridized carbons (Fsp3) is 0.500. The van der Waals surface area contributed by atoms with Crippen LogP contribution in [0.2, 0.25) is 5.02 Å². The lowest BCUT2D eigenvalue weighted by atomic mass is 10.0. The van der Waals surface area contributed by atoms with Crippen LogP contribution >= 0.6 is 11.6 Å². The summed E-state index contributed by atoms with van der Waals surface area (Å²) in [7, 11) is 1.81. The van der Waals surface area contributed by atoms with E-state index in [9.17, 15) is 4.39 Å². The van der Waals surface area contributed by atoms with E-state index in [1.165, 1.54) is 12.1 Å². The number of rotatable bonds is 4. The highest BCUT2D eigenvalue weighted by Gasteiger charge is 2.23. The van der Waals surface area contributed by atoms with Crippen molar-refractivity contribution in [2.24, 2.45) is 0 Å². The normalized spacial score (nSPS) is 18.5. The van der Waals surface area contributed by atoms with Crippen LogP contribution in [0, 0.1) is 5.82 Å². The molecule has 1 fully saturated rings. The highest BCUT2D eigenvalue weighted by atomic mass is 35.5. The van der Waals surface area contributed by atoms with Crippen LogP contribution in [0.4, 0.5) is 4.39 Å². The van der Waals surface area contributed by atoms with Crippen LogP contribution in [0.5, 0.6) is 0 Å². The Labute approximate surface area is 105 Å². The van der Waals surface area contributed by atoms with E-state index < -0.39 is 0 Å². The van der Waals surface area contributed by atoms with Crippen molar-refractivity contribution >= 4 is 11.6 Å². The first-order valence-corrected chi connectivity index (χ1v) is 5.94. The minimum absolute atomic E-state index is 0.0821. The number of hydrogen-bond donors (Lipinski definition) is 1. The second-order valence-electron chi connectivity index (χ2n) is 3.91. The lowest BCUT2D eigenvalue weighted by molar-refractivity contribution is -0.0526. The van der Waals surface area contributed by atoms with Crippen LogP contribution in [0.3, 0.4) is 0 Å². The monoisotopic (exact) mass is 259 g/mol. The average molecular weight is 260 g/mol. The Balaban J connectivity index is 2.13. The van der Waals surface area contributed by atoms with E-state index >= 15 is 0 Å². The van der Waals surface area contributed by atoms with Crippen molar-refractivity contribution in [2.75, 3.05) is 20.3 Å². The standard InChI is InChI=1S/C12H15ClFNO2/c1-15-11(7-12-16-4-5-17-12)9-6-8(14)2-3-10(9)13/h2-3,6,11-12,15H,4-5,7H2,1H3. The van der Waals surface area contributed by atoms with Gasteiger partial charge in [-0.05, 0) is 30.8 Å². The Morgan fingerprint density at radius 1 is 1.47 bits per heavy atom. The Hall–Kier alpha value is -0.680. The molecule has 0 radical (unpaired) electrons. The first kappa shape index (κ1) is 12.8. The van der Waals surface area contributed by atoms with Gasteiger partial charge in [-0.15, -0.1) is 0 Å². The zero-order chi connectivity index (χ0) is 12.3. The van der Waals surface area contributed by atoms with E-state index in [4.69, 9.17) is 21.1 Å². The van der Waals surface area contributed by atoms with Crippen molar-refractivity contribution in [3.8, 4) is 0 Å². The van der Waals surface area contributed by atoms with Gasteiger partial charge in [0.15, 0.2) is 6.29 Å². The van der Waals surface area contributed by atoms with Crippen LogP contribution in [0.25, 0.3) is 0 Å². The maximum absolute atomic E-state index is 13.2.